The summed E-state index contributed by atoms with van der Waals surface area (Å²) in [6.45, 7) is 0.662. The number of carbonyl (C=O) groups excluding carboxylic acids is 1. The number of aromatic amines is 1. The number of nitrogens with one attached hydrogen (secondary N) is 2. The summed E-state index contributed by atoms with van der Waals surface area (Å²) in [5.41, 5.74) is 6.95. The number of carboxylic acids is 1. The Kier molecular flexibility index (Phi) is 6.50. The highest BCUT2D eigenvalue weighted by Gasteiger charge is 2.28. The van der Waals surface area contributed by atoms with Crippen LogP contribution in [-0.2, 0) is 4.74 Å². The third-order valence-electron chi connectivity index (χ3n) is 6.08. The summed E-state index contributed by atoms with van der Waals surface area (Å²) in [6.07, 6.45) is 0.0237. The first-order valence-corrected chi connectivity index (χ1v) is 11.6. The third-order valence-corrected chi connectivity index (χ3v) is 6.08. The van der Waals surface area contributed by atoms with Crippen LogP contribution in [0.5, 0.6) is 0 Å². The van der Waals surface area contributed by atoms with Crippen molar-refractivity contribution in [3.05, 3.63) is 101 Å². The molecule has 0 saturated carbocycles. The van der Waals surface area contributed by atoms with Crippen molar-refractivity contribution in [1.29, 1.82) is 0 Å². The Morgan fingerprint density at radius 3 is 2.28 bits per heavy atom. The molecule has 0 saturated heterocycles. The molecule has 1 aliphatic carbocycles. The van der Waals surface area contributed by atoms with Crippen LogP contribution >= 0.6 is 0 Å². The van der Waals surface area contributed by atoms with Crippen molar-refractivity contribution in [1.82, 2.24) is 15.5 Å². The first-order valence-electron chi connectivity index (χ1n) is 11.6. The summed E-state index contributed by atoms with van der Waals surface area (Å²) in [7, 11) is 0. The van der Waals surface area contributed by atoms with Crippen molar-refractivity contribution in [2.75, 3.05) is 13.2 Å². The molecule has 36 heavy (non-hydrogen) atoms. The van der Waals surface area contributed by atoms with E-state index in [2.05, 4.69) is 51.6 Å². The van der Waals surface area contributed by atoms with E-state index in [0.717, 1.165) is 11.1 Å². The largest absolute Gasteiger partial charge is 0.477 e. The van der Waals surface area contributed by atoms with Crippen molar-refractivity contribution in [3.63, 3.8) is 0 Å². The van der Waals surface area contributed by atoms with Crippen molar-refractivity contribution in [3.8, 4) is 34.2 Å². The van der Waals surface area contributed by atoms with Gasteiger partial charge < -0.3 is 15.2 Å². The second kappa shape index (κ2) is 10.2. The number of rotatable bonds is 6. The second-order valence-electron chi connectivity index (χ2n) is 8.35. The van der Waals surface area contributed by atoms with E-state index in [1.165, 1.54) is 28.3 Å². The van der Waals surface area contributed by atoms with Crippen LogP contribution in [0.25, 0.3) is 22.4 Å². The van der Waals surface area contributed by atoms with Crippen molar-refractivity contribution in [2.24, 2.45) is 0 Å². The molecular weight excluding hydrogens is 454 g/mol. The number of hydrogen-bond acceptors (Lipinski definition) is 4. The summed E-state index contributed by atoms with van der Waals surface area (Å²) >= 11 is 0. The lowest BCUT2D eigenvalue weighted by molar-refractivity contribution is 0.0690. The predicted molar refractivity (Wildman–Crippen MR) is 136 cm³/mol. The normalized spacial score (nSPS) is 11.7. The topological polar surface area (TPSA) is 104 Å². The Labute approximate surface area is 208 Å². The molecule has 3 N–H and O–H groups in total. The van der Waals surface area contributed by atoms with Gasteiger partial charge in [-0.05, 0) is 40.5 Å². The van der Waals surface area contributed by atoms with Crippen LogP contribution in [0.1, 0.15) is 39.5 Å². The van der Waals surface area contributed by atoms with Gasteiger partial charge in [0.1, 0.15) is 12.3 Å². The van der Waals surface area contributed by atoms with E-state index in [-0.39, 0.29) is 18.2 Å². The van der Waals surface area contributed by atoms with E-state index in [9.17, 15) is 9.59 Å². The van der Waals surface area contributed by atoms with Crippen molar-refractivity contribution < 1.29 is 19.4 Å². The van der Waals surface area contributed by atoms with E-state index in [1.807, 2.05) is 48.5 Å². The zero-order chi connectivity index (χ0) is 24.9. The molecule has 0 atom stereocenters. The van der Waals surface area contributed by atoms with Crippen LogP contribution in [0.2, 0.25) is 0 Å². The van der Waals surface area contributed by atoms with Crippen molar-refractivity contribution in [2.45, 2.75) is 12.3 Å². The van der Waals surface area contributed by atoms with Gasteiger partial charge in [0.2, 0.25) is 0 Å². The Bertz CT molecular complexity index is 1430. The average molecular weight is 478 g/mol. The molecule has 0 unspecified atom stereocenters. The first-order chi connectivity index (χ1) is 17.6. The fourth-order valence-corrected chi connectivity index (χ4v) is 4.34. The minimum Gasteiger partial charge on any atom is -0.477 e. The molecule has 0 bridgehead atoms. The molecule has 7 nitrogen and oxygen atoms in total. The number of amides is 1. The van der Waals surface area contributed by atoms with Gasteiger partial charge in [0.05, 0.1) is 5.69 Å². The number of H-pyrrole nitrogens is 1. The lowest BCUT2D eigenvalue weighted by Crippen LogP contribution is -2.26. The summed E-state index contributed by atoms with van der Waals surface area (Å²) in [4.78, 5) is 23.2. The van der Waals surface area contributed by atoms with Crippen LogP contribution in [0, 0.1) is 11.8 Å². The first kappa shape index (κ1) is 22.9. The molecule has 0 radical (unpaired) electrons. The van der Waals surface area contributed by atoms with E-state index >= 15 is 0 Å². The molecule has 1 heterocycles. The summed E-state index contributed by atoms with van der Waals surface area (Å²) < 4.78 is 5.53. The number of alkyl carbamates (subject to hydrolysis) is 1. The number of carbonyl (C=O) groups is 2. The maximum absolute atomic E-state index is 12.2. The molecule has 1 aromatic heterocycles. The Morgan fingerprint density at radius 1 is 0.972 bits per heavy atom. The van der Waals surface area contributed by atoms with E-state index in [4.69, 9.17) is 9.84 Å². The lowest BCUT2D eigenvalue weighted by Gasteiger charge is -2.14. The molecule has 1 aliphatic rings. The van der Waals surface area contributed by atoms with Gasteiger partial charge in [0.15, 0.2) is 0 Å². The molecule has 5 rings (SSSR count). The summed E-state index contributed by atoms with van der Waals surface area (Å²) in [5.74, 6) is 5.07. The average Bonchev–Trinajstić information content (AvgIpc) is 3.52. The van der Waals surface area contributed by atoms with Crippen LogP contribution < -0.4 is 5.32 Å². The number of hydrogen-bond donors (Lipinski definition) is 3. The number of carboxylic acid groups (broad SMARTS) is 1. The maximum atomic E-state index is 12.2. The molecule has 0 aliphatic heterocycles. The number of ether oxygens (including phenoxy) is 1. The van der Waals surface area contributed by atoms with E-state index in [0.29, 0.717) is 18.7 Å². The SMILES string of the molecule is O=C(NCCC#Cc1ccc(-c2cc(C(=O)O)[nH]n2)cc1)OCC1c2ccccc2-c2ccccc21. The quantitative estimate of drug-likeness (QED) is 0.266. The van der Waals surface area contributed by atoms with Crippen LogP contribution in [-0.4, -0.2) is 40.5 Å². The molecular formula is C29H23N3O4. The molecule has 1 amide bonds. The molecule has 0 fully saturated rings. The highest BCUT2D eigenvalue weighted by atomic mass is 16.5. The highest BCUT2D eigenvalue weighted by molar-refractivity contribution is 5.86. The number of fused-ring (bicyclic) bond motifs is 3. The van der Waals surface area contributed by atoms with Crippen molar-refractivity contribution >= 4 is 12.1 Å². The predicted octanol–water partition coefficient (Wildman–Crippen LogP) is 5.06. The zero-order valence-corrected chi connectivity index (χ0v) is 19.3. The standard InChI is InChI=1S/C29H23N3O4/c33-28(34)27-17-26(31-32-27)20-14-12-19(13-15-20)7-5-6-16-30-29(35)36-18-25-23-10-3-1-8-21(23)22-9-2-4-11-24(22)25/h1-4,8-15,17,25H,6,16,18H2,(H,30,35)(H,31,32)(H,33,34). The van der Waals surface area contributed by atoms with Gasteiger partial charge in [-0.25, -0.2) is 9.59 Å². The van der Waals surface area contributed by atoms with E-state index in [1.54, 1.807) is 0 Å². The molecule has 4 aromatic rings. The monoisotopic (exact) mass is 477 g/mol. The summed E-state index contributed by atoms with van der Waals surface area (Å²) in [6, 6.07) is 25.3. The number of aromatic carboxylic acids is 1. The highest BCUT2D eigenvalue weighted by Crippen LogP contribution is 2.44. The fraction of sp³-hybridized carbons (Fsp3) is 0.138. The Hall–Kier alpha value is -4.83. The van der Waals surface area contributed by atoms with Gasteiger partial charge in [0, 0.05) is 30.0 Å². The van der Waals surface area contributed by atoms with Gasteiger partial charge in [-0.15, -0.1) is 0 Å². The van der Waals surface area contributed by atoms with Gasteiger partial charge in [-0.3, -0.25) is 5.10 Å². The van der Waals surface area contributed by atoms with Crippen LogP contribution in [0.4, 0.5) is 4.79 Å². The lowest BCUT2D eigenvalue weighted by atomic mass is 9.98. The summed E-state index contributed by atoms with van der Waals surface area (Å²) in [5, 5.41) is 18.2. The zero-order valence-electron chi connectivity index (χ0n) is 19.3. The Morgan fingerprint density at radius 2 is 1.64 bits per heavy atom. The van der Waals surface area contributed by atoms with Gasteiger partial charge in [-0.1, -0.05) is 72.5 Å². The molecule has 0 spiro atoms. The number of nitrogens with zero attached hydrogens (tertiary/aromatic N) is 1. The van der Waals surface area contributed by atoms with Gasteiger partial charge >= 0.3 is 12.1 Å². The molecule has 178 valence electrons. The maximum Gasteiger partial charge on any atom is 0.407 e. The molecule has 3 aromatic carbocycles. The second-order valence-corrected chi connectivity index (χ2v) is 8.35. The van der Waals surface area contributed by atoms with Crippen LogP contribution in [0.15, 0.2) is 78.9 Å². The minimum atomic E-state index is -1.05. The van der Waals surface area contributed by atoms with Gasteiger partial charge in [0.25, 0.3) is 0 Å². The number of benzene rings is 3. The minimum absolute atomic E-state index is 0.0306. The molecule has 7 heteroatoms. The Balaban J connectivity index is 1.09. The third kappa shape index (κ3) is 4.84. The van der Waals surface area contributed by atoms with E-state index < -0.39 is 12.1 Å². The number of aromatic nitrogens is 2. The smallest absolute Gasteiger partial charge is 0.407 e. The van der Waals surface area contributed by atoms with Gasteiger partial charge in [-0.2, -0.15) is 5.10 Å². The fourth-order valence-electron chi connectivity index (χ4n) is 4.34. The van der Waals surface area contributed by atoms with Crippen LogP contribution in [0.3, 0.4) is 0 Å².